The topological polar surface area (TPSA) is 75.7 Å². The molecule has 4 rings (SSSR count). The first-order valence-electron chi connectivity index (χ1n) is 9.81. The van der Waals surface area contributed by atoms with Gasteiger partial charge in [-0.2, -0.15) is 0 Å². The molecular formula is C24H20N2O4S. The standard InChI is InChI=1S/C24H20N2O4S/c1-2-30-18-12-10-16(11-13-18)14-21-23(28)26(24(29)31-21)15-22(27)25-20-9-5-7-17-6-3-4-8-19(17)20/h3-14H,2,15H2,1H3,(H,25,27)/b21-14+. The molecule has 0 bridgehead atoms. The fraction of sp³-hybridized carbons (Fsp3) is 0.125. The molecule has 1 aliphatic rings. The summed E-state index contributed by atoms with van der Waals surface area (Å²) in [6, 6.07) is 20.5. The minimum atomic E-state index is -0.475. The van der Waals surface area contributed by atoms with Crippen LogP contribution in [0, 0.1) is 0 Å². The van der Waals surface area contributed by atoms with E-state index in [9.17, 15) is 14.4 Å². The molecule has 1 fully saturated rings. The Balaban J connectivity index is 1.45. The van der Waals surface area contributed by atoms with Crippen molar-refractivity contribution in [1.29, 1.82) is 0 Å². The summed E-state index contributed by atoms with van der Waals surface area (Å²) >= 11 is 0.829. The lowest BCUT2D eigenvalue weighted by molar-refractivity contribution is -0.127. The molecule has 1 aliphatic heterocycles. The Morgan fingerprint density at radius 3 is 2.55 bits per heavy atom. The normalized spacial score (nSPS) is 15.0. The number of nitrogens with zero attached hydrogens (tertiary/aromatic N) is 1. The van der Waals surface area contributed by atoms with E-state index in [4.69, 9.17) is 4.74 Å². The molecule has 0 radical (unpaired) electrons. The molecule has 0 saturated carbocycles. The number of carbonyl (C=O) groups is 3. The first-order valence-corrected chi connectivity index (χ1v) is 10.6. The number of benzene rings is 3. The summed E-state index contributed by atoms with van der Waals surface area (Å²) in [6.45, 7) is 2.13. The summed E-state index contributed by atoms with van der Waals surface area (Å²) in [4.78, 5) is 38.9. The predicted octanol–water partition coefficient (Wildman–Crippen LogP) is 4.91. The van der Waals surface area contributed by atoms with Crippen molar-refractivity contribution in [2.75, 3.05) is 18.5 Å². The Kier molecular flexibility index (Phi) is 6.04. The summed E-state index contributed by atoms with van der Waals surface area (Å²) in [6.07, 6.45) is 1.64. The van der Waals surface area contributed by atoms with Gasteiger partial charge >= 0.3 is 0 Å². The zero-order chi connectivity index (χ0) is 21.8. The fourth-order valence-electron chi connectivity index (χ4n) is 3.28. The molecule has 1 saturated heterocycles. The number of carbonyl (C=O) groups excluding carboxylic acids is 3. The van der Waals surface area contributed by atoms with Crippen LogP contribution >= 0.6 is 11.8 Å². The molecule has 0 unspecified atom stereocenters. The number of nitrogens with one attached hydrogen (secondary N) is 1. The van der Waals surface area contributed by atoms with Gasteiger partial charge in [-0.15, -0.1) is 0 Å². The second-order valence-corrected chi connectivity index (χ2v) is 7.84. The monoisotopic (exact) mass is 432 g/mol. The molecular weight excluding hydrogens is 412 g/mol. The zero-order valence-electron chi connectivity index (χ0n) is 16.8. The van der Waals surface area contributed by atoms with Gasteiger partial charge in [0.05, 0.1) is 11.5 Å². The van der Waals surface area contributed by atoms with Crippen LogP contribution in [0.15, 0.2) is 71.6 Å². The van der Waals surface area contributed by atoms with Gasteiger partial charge in [0, 0.05) is 11.1 Å². The Hall–Kier alpha value is -3.58. The smallest absolute Gasteiger partial charge is 0.294 e. The van der Waals surface area contributed by atoms with E-state index in [1.54, 1.807) is 24.3 Å². The van der Waals surface area contributed by atoms with Gasteiger partial charge in [0.25, 0.3) is 11.1 Å². The molecule has 3 aromatic carbocycles. The number of amides is 3. The van der Waals surface area contributed by atoms with Crippen molar-refractivity contribution < 1.29 is 19.1 Å². The van der Waals surface area contributed by atoms with Gasteiger partial charge in [0.2, 0.25) is 5.91 Å². The second kappa shape index (κ2) is 9.06. The highest BCUT2D eigenvalue weighted by atomic mass is 32.2. The van der Waals surface area contributed by atoms with Gasteiger partial charge in [-0.25, -0.2) is 0 Å². The number of thioether (sulfide) groups is 1. The van der Waals surface area contributed by atoms with Crippen LogP contribution in [-0.2, 0) is 9.59 Å². The first kappa shape index (κ1) is 20.7. The highest BCUT2D eigenvalue weighted by molar-refractivity contribution is 8.18. The number of anilines is 1. The van der Waals surface area contributed by atoms with Gasteiger partial charge in [-0.1, -0.05) is 48.5 Å². The van der Waals surface area contributed by atoms with Crippen LogP contribution in [0.5, 0.6) is 5.75 Å². The van der Waals surface area contributed by atoms with Crippen LogP contribution in [-0.4, -0.2) is 35.1 Å². The molecule has 1 N–H and O–H groups in total. The summed E-state index contributed by atoms with van der Waals surface area (Å²) in [5, 5.41) is 4.23. The molecule has 0 aliphatic carbocycles. The molecule has 6 nitrogen and oxygen atoms in total. The van der Waals surface area contributed by atoms with E-state index in [1.165, 1.54) is 0 Å². The maximum atomic E-state index is 12.7. The van der Waals surface area contributed by atoms with E-state index >= 15 is 0 Å². The Labute approximate surface area is 183 Å². The Bertz CT molecular complexity index is 1180. The second-order valence-electron chi connectivity index (χ2n) is 6.84. The summed E-state index contributed by atoms with van der Waals surface area (Å²) in [5.74, 6) is -0.171. The van der Waals surface area contributed by atoms with Gasteiger partial charge in [-0.05, 0) is 53.9 Å². The van der Waals surface area contributed by atoms with E-state index in [1.807, 2.05) is 55.5 Å². The molecule has 3 amide bonds. The molecule has 1 heterocycles. The quantitative estimate of drug-likeness (QED) is 0.560. The highest BCUT2D eigenvalue weighted by Crippen LogP contribution is 2.32. The molecule has 31 heavy (non-hydrogen) atoms. The van der Waals surface area contributed by atoms with E-state index < -0.39 is 17.1 Å². The van der Waals surface area contributed by atoms with Crippen LogP contribution in [0.3, 0.4) is 0 Å². The maximum absolute atomic E-state index is 12.7. The molecule has 3 aromatic rings. The summed E-state index contributed by atoms with van der Waals surface area (Å²) < 4.78 is 5.41. The number of ether oxygens (including phenoxy) is 1. The van der Waals surface area contributed by atoms with E-state index in [-0.39, 0.29) is 11.4 Å². The lowest BCUT2D eigenvalue weighted by Gasteiger charge is -2.13. The van der Waals surface area contributed by atoms with Gasteiger partial charge < -0.3 is 10.1 Å². The van der Waals surface area contributed by atoms with Crippen LogP contribution in [0.25, 0.3) is 16.8 Å². The van der Waals surface area contributed by atoms with E-state index in [0.717, 1.165) is 38.7 Å². The van der Waals surface area contributed by atoms with Gasteiger partial charge in [0.15, 0.2) is 0 Å². The maximum Gasteiger partial charge on any atom is 0.294 e. The largest absolute Gasteiger partial charge is 0.494 e. The molecule has 0 spiro atoms. The average Bonchev–Trinajstić information content (AvgIpc) is 3.03. The van der Waals surface area contributed by atoms with Crippen molar-refractivity contribution in [3.05, 3.63) is 77.2 Å². The zero-order valence-corrected chi connectivity index (χ0v) is 17.6. The van der Waals surface area contributed by atoms with Gasteiger partial charge in [-0.3, -0.25) is 19.3 Å². The van der Waals surface area contributed by atoms with E-state index in [0.29, 0.717) is 12.3 Å². The molecule has 7 heteroatoms. The Morgan fingerprint density at radius 2 is 1.77 bits per heavy atom. The van der Waals surface area contributed by atoms with Crippen molar-refractivity contribution in [2.24, 2.45) is 0 Å². The number of rotatable bonds is 6. The van der Waals surface area contributed by atoms with Crippen LogP contribution in [0.4, 0.5) is 10.5 Å². The van der Waals surface area contributed by atoms with E-state index in [2.05, 4.69) is 5.32 Å². The fourth-order valence-corrected chi connectivity index (χ4v) is 4.12. The van der Waals surface area contributed by atoms with Crippen molar-refractivity contribution >= 4 is 51.4 Å². The molecule has 0 atom stereocenters. The number of hydrogen-bond donors (Lipinski definition) is 1. The van der Waals surface area contributed by atoms with Crippen LogP contribution in [0.1, 0.15) is 12.5 Å². The minimum absolute atomic E-state index is 0.284. The molecule has 0 aromatic heterocycles. The van der Waals surface area contributed by atoms with Crippen molar-refractivity contribution in [3.63, 3.8) is 0 Å². The van der Waals surface area contributed by atoms with Crippen molar-refractivity contribution in [2.45, 2.75) is 6.92 Å². The lowest BCUT2D eigenvalue weighted by atomic mass is 10.1. The average molecular weight is 433 g/mol. The third kappa shape index (κ3) is 4.62. The number of fused-ring (bicyclic) bond motifs is 1. The summed E-state index contributed by atoms with van der Waals surface area (Å²) in [7, 11) is 0. The number of hydrogen-bond acceptors (Lipinski definition) is 5. The van der Waals surface area contributed by atoms with Crippen LogP contribution in [0.2, 0.25) is 0 Å². The van der Waals surface area contributed by atoms with Gasteiger partial charge in [0.1, 0.15) is 12.3 Å². The van der Waals surface area contributed by atoms with Crippen LogP contribution < -0.4 is 10.1 Å². The third-order valence-corrected chi connectivity index (χ3v) is 5.64. The first-order chi connectivity index (χ1) is 15.0. The minimum Gasteiger partial charge on any atom is -0.494 e. The van der Waals surface area contributed by atoms with Crippen molar-refractivity contribution in [3.8, 4) is 5.75 Å². The number of imide groups is 1. The summed E-state index contributed by atoms with van der Waals surface area (Å²) in [5.41, 5.74) is 1.41. The highest BCUT2D eigenvalue weighted by Gasteiger charge is 2.36. The van der Waals surface area contributed by atoms with Crippen molar-refractivity contribution in [1.82, 2.24) is 4.90 Å². The Morgan fingerprint density at radius 1 is 1.03 bits per heavy atom. The SMILES string of the molecule is CCOc1ccc(/C=C2/SC(=O)N(CC(=O)Nc3cccc4ccccc34)C2=O)cc1. The molecule has 156 valence electrons. The lowest BCUT2D eigenvalue weighted by Crippen LogP contribution is -2.36. The predicted molar refractivity (Wildman–Crippen MR) is 123 cm³/mol. The third-order valence-electron chi connectivity index (χ3n) is 4.73.